The van der Waals surface area contributed by atoms with Gasteiger partial charge in [0, 0.05) is 23.5 Å². The Balaban J connectivity index is 1.52. The molecule has 6 heteroatoms. The molecule has 0 atom stereocenters. The van der Waals surface area contributed by atoms with Crippen LogP contribution in [0.2, 0.25) is 0 Å². The van der Waals surface area contributed by atoms with Crippen molar-refractivity contribution in [2.45, 2.75) is 13.8 Å². The maximum Gasteiger partial charge on any atom is 0.161 e. The number of nitrogens with one attached hydrogen (secondary N) is 2. The van der Waals surface area contributed by atoms with E-state index in [9.17, 15) is 0 Å². The van der Waals surface area contributed by atoms with Crippen molar-refractivity contribution in [3.8, 4) is 33.9 Å². The summed E-state index contributed by atoms with van der Waals surface area (Å²) in [5.74, 6) is 0.693. The molecule has 0 saturated carbocycles. The second-order valence-electron chi connectivity index (χ2n) is 8.01. The number of imidazole rings is 1. The van der Waals surface area contributed by atoms with Crippen LogP contribution in [0.1, 0.15) is 11.1 Å². The van der Waals surface area contributed by atoms with Crippen LogP contribution in [-0.4, -0.2) is 30.1 Å². The third kappa shape index (κ3) is 2.96. The topological polar surface area (TPSA) is 83.1 Å². The van der Waals surface area contributed by atoms with E-state index in [-0.39, 0.29) is 0 Å². The van der Waals surface area contributed by atoms with Crippen molar-refractivity contribution in [2.75, 3.05) is 0 Å². The lowest BCUT2D eigenvalue weighted by Crippen LogP contribution is -1.90. The normalized spacial score (nSPS) is 11.4. The number of hydrogen-bond donors (Lipinski definition) is 2. The molecule has 6 aromatic rings. The largest absolute Gasteiger partial charge is 0.336 e. The molecule has 2 N–H and O–H groups in total. The molecule has 6 rings (SSSR count). The van der Waals surface area contributed by atoms with E-state index in [0.717, 1.165) is 50.0 Å². The second-order valence-corrected chi connectivity index (χ2v) is 8.01. The molecule has 6 nitrogen and oxygen atoms in total. The first-order valence-corrected chi connectivity index (χ1v) is 10.5. The fraction of sp³-hybridized carbons (Fsp3) is 0.0769. The van der Waals surface area contributed by atoms with Gasteiger partial charge in [0.05, 0.1) is 22.2 Å². The Hall–Kier alpha value is -4.32. The molecule has 0 spiro atoms. The van der Waals surface area contributed by atoms with E-state index in [1.165, 1.54) is 5.56 Å². The van der Waals surface area contributed by atoms with Gasteiger partial charge in [0.25, 0.3) is 0 Å². The summed E-state index contributed by atoms with van der Waals surface area (Å²) in [5, 5.41) is 7.63. The average molecular weight is 416 g/mol. The molecule has 0 fully saturated rings. The van der Waals surface area contributed by atoms with Gasteiger partial charge >= 0.3 is 0 Å². The predicted molar refractivity (Wildman–Crippen MR) is 127 cm³/mol. The van der Waals surface area contributed by atoms with Gasteiger partial charge in [0.15, 0.2) is 11.5 Å². The number of rotatable bonds is 3. The number of hydrogen-bond acceptors (Lipinski definition) is 4. The number of fused-ring (bicyclic) bond motifs is 2. The monoisotopic (exact) mass is 416 g/mol. The van der Waals surface area contributed by atoms with Crippen LogP contribution in [0.25, 0.3) is 56.0 Å². The molecule has 0 aliphatic carbocycles. The van der Waals surface area contributed by atoms with Crippen LogP contribution in [0, 0.1) is 13.8 Å². The van der Waals surface area contributed by atoms with Gasteiger partial charge < -0.3 is 4.98 Å². The molecule has 32 heavy (non-hydrogen) atoms. The summed E-state index contributed by atoms with van der Waals surface area (Å²) in [6.07, 6.45) is 3.64. The fourth-order valence-corrected chi connectivity index (χ4v) is 4.14. The summed E-state index contributed by atoms with van der Waals surface area (Å²) in [7, 11) is 0. The molecule has 0 aliphatic rings. The molecule has 4 aromatic heterocycles. The van der Waals surface area contributed by atoms with Crippen LogP contribution >= 0.6 is 0 Å². The highest BCUT2D eigenvalue weighted by Crippen LogP contribution is 2.32. The minimum absolute atomic E-state index is 0.693. The predicted octanol–water partition coefficient (Wildman–Crippen LogP) is 5.85. The van der Waals surface area contributed by atoms with Crippen LogP contribution in [0.15, 0.2) is 73.1 Å². The highest BCUT2D eigenvalue weighted by Gasteiger charge is 2.17. The number of para-hydroxylation sites is 1. The standard InChI is InChI=1S/C26H20N6/c1-15-5-3-6-17(13-15)18-7-4-8-21-23(18)30-26(29-21)25-24-22(31-32-25)10-9-20(28-24)19-14-27-12-11-16(19)2/h3-14H,1-2H3,(H,29,30)(H,31,32). The maximum atomic E-state index is 4.94. The van der Waals surface area contributed by atoms with Gasteiger partial charge in [-0.3, -0.25) is 10.1 Å². The van der Waals surface area contributed by atoms with E-state index in [1.807, 2.05) is 36.5 Å². The first kappa shape index (κ1) is 18.4. The third-order valence-electron chi connectivity index (χ3n) is 5.79. The molecule has 2 aromatic carbocycles. The zero-order chi connectivity index (χ0) is 21.7. The van der Waals surface area contributed by atoms with Gasteiger partial charge in [-0.05, 0) is 49.2 Å². The van der Waals surface area contributed by atoms with E-state index in [0.29, 0.717) is 11.5 Å². The lowest BCUT2D eigenvalue weighted by molar-refractivity contribution is 1.10. The van der Waals surface area contributed by atoms with Crippen LogP contribution in [-0.2, 0) is 0 Å². The number of aryl methyl sites for hydroxylation is 2. The summed E-state index contributed by atoms with van der Waals surface area (Å²) < 4.78 is 0. The molecule has 4 heterocycles. The van der Waals surface area contributed by atoms with Crippen LogP contribution in [0.5, 0.6) is 0 Å². The highest BCUT2D eigenvalue weighted by atomic mass is 15.1. The zero-order valence-corrected chi connectivity index (χ0v) is 17.7. The van der Waals surface area contributed by atoms with Crippen molar-refractivity contribution in [3.05, 3.63) is 84.2 Å². The fourth-order valence-electron chi connectivity index (χ4n) is 4.14. The summed E-state index contributed by atoms with van der Waals surface area (Å²) in [6, 6.07) is 20.6. The van der Waals surface area contributed by atoms with Crippen LogP contribution < -0.4 is 0 Å². The van der Waals surface area contributed by atoms with Gasteiger partial charge in [0.1, 0.15) is 5.52 Å². The minimum atomic E-state index is 0.693. The Morgan fingerprint density at radius 2 is 1.69 bits per heavy atom. The Bertz CT molecular complexity index is 1610. The number of aromatic amines is 2. The van der Waals surface area contributed by atoms with Gasteiger partial charge in [-0.1, -0.05) is 42.0 Å². The van der Waals surface area contributed by atoms with E-state index >= 15 is 0 Å². The number of nitrogens with zero attached hydrogens (tertiary/aromatic N) is 4. The van der Waals surface area contributed by atoms with Gasteiger partial charge in [0.2, 0.25) is 0 Å². The van der Waals surface area contributed by atoms with Crippen molar-refractivity contribution in [2.24, 2.45) is 0 Å². The number of aromatic nitrogens is 6. The van der Waals surface area contributed by atoms with Crippen molar-refractivity contribution in [1.82, 2.24) is 30.1 Å². The van der Waals surface area contributed by atoms with Crippen LogP contribution in [0.3, 0.4) is 0 Å². The average Bonchev–Trinajstić information content (AvgIpc) is 3.42. The van der Waals surface area contributed by atoms with Crippen molar-refractivity contribution in [1.29, 1.82) is 0 Å². The molecule has 0 amide bonds. The Labute approximate surface area is 184 Å². The van der Waals surface area contributed by atoms with Crippen LogP contribution in [0.4, 0.5) is 0 Å². The summed E-state index contributed by atoms with van der Waals surface area (Å²) >= 11 is 0. The van der Waals surface area contributed by atoms with E-state index < -0.39 is 0 Å². The van der Waals surface area contributed by atoms with Gasteiger partial charge in [-0.25, -0.2) is 9.97 Å². The van der Waals surface area contributed by atoms with E-state index in [2.05, 4.69) is 64.3 Å². The molecule has 0 bridgehead atoms. The molecule has 0 aliphatic heterocycles. The van der Waals surface area contributed by atoms with Gasteiger partial charge in [-0.15, -0.1) is 0 Å². The Morgan fingerprint density at radius 3 is 2.56 bits per heavy atom. The summed E-state index contributed by atoms with van der Waals surface area (Å²) in [5.41, 5.74) is 10.7. The molecular weight excluding hydrogens is 396 g/mol. The number of H-pyrrole nitrogens is 2. The van der Waals surface area contributed by atoms with Crippen molar-refractivity contribution in [3.63, 3.8) is 0 Å². The first-order chi connectivity index (χ1) is 15.7. The quantitative estimate of drug-likeness (QED) is 0.379. The Morgan fingerprint density at radius 1 is 0.781 bits per heavy atom. The van der Waals surface area contributed by atoms with Crippen molar-refractivity contribution < 1.29 is 0 Å². The summed E-state index contributed by atoms with van der Waals surface area (Å²) in [4.78, 5) is 17.6. The molecule has 0 saturated heterocycles. The smallest absolute Gasteiger partial charge is 0.161 e. The maximum absolute atomic E-state index is 4.94. The van der Waals surface area contributed by atoms with Crippen molar-refractivity contribution >= 4 is 22.1 Å². The molecular formula is C26H20N6. The summed E-state index contributed by atoms with van der Waals surface area (Å²) in [6.45, 7) is 4.16. The minimum Gasteiger partial charge on any atom is -0.336 e. The third-order valence-corrected chi connectivity index (χ3v) is 5.79. The highest BCUT2D eigenvalue weighted by molar-refractivity contribution is 5.96. The second kappa shape index (κ2) is 7.13. The lowest BCUT2D eigenvalue weighted by Gasteiger charge is -2.04. The number of pyridine rings is 2. The Kier molecular flexibility index (Phi) is 4.11. The SMILES string of the molecule is Cc1cccc(-c2cccc3[nH]c(-c4n[nH]c5ccc(-c6cnccc6C)nc45)nc23)c1. The van der Waals surface area contributed by atoms with Gasteiger partial charge in [-0.2, -0.15) is 5.10 Å². The molecule has 0 unspecified atom stereocenters. The first-order valence-electron chi connectivity index (χ1n) is 10.5. The molecule has 0 radical (unpaired) electrons. The number of benzene rings is 2. The van der Waals surface area contributed by atoms with E-state index in [4.69, 9.17) is 9.97 Å². The molecule has 154 valence electrons. The van der Waals surface area contributed by atoms with E-state index in [1.54, 1.807) is 6.20 Å². The lowest BCUT2D eigenvalue weighted by atomic mass is 10.0. The zero-order valence-electron chi connectivity index (χ0n) is 17.7.